The first-order valence-electron chi connectivity index (χ1n) is 7.81. The van der Waals surface area contributed by atoms with Gasteiger partial charge in [-0.3, -0.25) is 0 Å². The Morgan fingerprint density at radius 2 is 1.62 bits per heavy atom. The van der Waals surface area contributed by atoms with Crippen LogP contribution in [-0.4, -0.2) is 4.21 Å². The zero-order valence-electron chi connectivity index (χ0n) is 15.1. The zero-order chi connectivity index (χ0) is 18.8. The summed E-state index contributed by atoms with van der Waals surface area (Å²) in [6.07, 6.45) is 12.6. The van der Waals surface area contributed by atoms with E-state index in [1.54, 1.807) is 25.2 Å². The Balaban J connectivity index is 5.43. The second kappa shape index (κ2) is 11.0. The molecule has 4 heteroatoms. The highest BCUT2D eigenvalue weighted by atomic mass is 32.8. The first kappa shape index (κ1) is 22.4. The van der Waals surface area contributed by atoms with Crippen molar-refractivity contribution in [2.24, 2.45) is 5.92 Å². The Morgan fingerprint density at radius 1 is 1.04 bits per heavy atom. The van der Waals surface area contributed by atoms with Crippen molar-refractivity contribution >= 4 is 19.7 Å². The molecule has 1 atom stereocenters. The fourth-order valence-electron chi connectivity index (χ4n) is 1.93. The van der Waals surface area contributed by atoms with Gasteiger partial charge in [-0.1, -0.05) is 57.9 Å². The minimum atomic E-state index is -2.75. The van der Waals surface area contributed by atoms with Crippen LogP contribution in [0.15, 0.2) is 83.6 Å². The third-order valence-corrected chi connectivity index (χ3v) is 6.37. The van der Waals surface area contributed by atoms with E-state index in [0.717, 1.165) is 5.76 Å². The second-order valence-electron chi connectivity index (χ2n) is 5.20. The average Bonchev–Trinajstić information content (AvgIpc) is 2.54. The maximum Gasteiger partial charge on any atom is 0.122 e. The summed E-state index contributed by atoms with van der Waals surface area (Å²) in [5, 5.41) is 0. The van der Waals surface area contributed by atoms with E-state index >= 15 is 0 Å². The lowest BCUT2D eigenvalue weighted by atomic mass is 10.1. The highest BCUT2D eigenvalue weighted by molar-refractivity contribution is 8.37. The molecule has 0 fully saturated rings. The van der Waals surface area contributed by atoms with E-state index in [1.807, 2.05) is 19.1 Å². The SMILES string of the molecule is C=C/C(=C\C/C=C(\C=C)S(=O)(=S)/C(C=C)=C/C)O/C(=C/C)C(C)C. The van der Waals surface area contributed by atoms with Gasteiger partial charge in [0.15, 0.2) is 0 Å². The van der Waals surface area contributed by atoms with Gasteiger partial charge in [-0.25, -0.2) is 4.21 Å². The van der Waals surface area contributed by atoms with Crippen molar-refractivity contribution in [3.8, 4) is 0 Å². The molecule has 0 N–H and O–H groups in total. The zero-order valence-corrected chi connectivity index (χ0v) is 16.7. The Bertz CT molecular complexity index is 685. The van der Waals surface area contributed by atoms with Crippen LogP contribution in [0.1, 0.15) is 34.1 Å². The lowest BCUT2D eigenvalue weighted by Gasteiger charge is -2.13. The number of hydrogen-bond acceptors (Lipinski definition) is 3. The van der Waals surface area contributed by atoms with Crippen molar-refractivity contribution in [2.75, 3.05) is 0 Å². The Kier molecular flexibility index (Phi) is 10.2. The molecule has 0 radical (unpaired) electrons. The largest absolute Gasteiger partial charge is 0.462 e. The maximum atomic E-state index is 12.8. The van der Waals surface area contributed by atoms with Crippen LogP contribution in [0, 0.1) is 5.92 Å². The molecule has 0 amide bonds. The number of rotatable bonds is 10. The molecule has 0 saturated carbocycles. The number of allylic oxidation sites excluding steroid dienone is 8. The molecule has 0 rings (SSSR count). The molecular formula is C20H28O2S2. The lowest BCUT2D eigenvalue weighted by Crippen LogP contribution is -2.02. The van der Waals surface area contributed by atoms with Crippen molar-refractivity contribution in [2.45, 2.75) is 34.1 Å². The molecule has 24 heavy (non-hydrogen) atoms. The Morgan fingerprint density at radius 3 is 2.00 bits per heavy atom. The molecule has 0 aliphatic rings. The van der Waals surface area contributed by atoms with Gasteiger partial charge in [0, 0.05) is 15.7 Å². The fraction of sp³-hybridized carbons (Fsp3) is 0.300. The van der Waals surface area contributed by atoms with E-state index in [1.165, 1.54) is 12.2 Å². The van der Waals surface area contributed by atoms with Crippen LogP contribution in [0.3, 0.4) is 0 Å². The van der Waals surface area contributed by atoms with Crippen molar-refractivity contribution in [3.05, 3.63) is 83.6 Å². The van der Waals surface area contributed by atoms with Gasteiger partial charge < -0.3 is 4.74 Å². The van der Waals surface area contributed by atoms with E-state index in [-0.39, 0.29) is 5.92 Å². The summed E-state index contributed by atoms with van der Waals surface area (Å²) in [4.78, 5) is 1.05. The topological polar surface area (TPSA) is 26.3 Å². The second-order valence-corrected chi connectivity index (χ2v) is 8.56. The molecule has 0 aromatic heterocycles. The molecule has 0 saturated heterocycles. The fourth-order valence-corrected chi connectivity index (χ4v) is 4.16. The monoisotopic (exact) mass is 364 g/mol. The van der Waals surface area contributed by atoms with Crippen molar-refractivity contribution in [1.82, 2.24) is 0 Å². The minimum Gasteiger partial charge on any atom is -0.462 e. The molecule has 2 nitrogen and oxygen atoms in total. The number of hydrogen-bond donors (Lipinski definition) is 0. The lowest BCUT2D eigenvalue weighted by molar-refractivity contribution is 0.277. The van der Waals surface area contributed by atoms with Crippen LogP contribution in [-0.2, 0) is 24.4 Å². The van der Waals surface area contributed by atoms with E-state index in [9.17, 15) is 4.21 Å². The predicted molar refractivity (Wildman–Crippen MR) is 110 cm³/mol. The minimum absolute atomic E-state index is 0.286. The van der Waals surface area contributed by atoms with E-state index in [4.69, 9.17) is 15.9 Å². The van der Waals surface area contributed by atoms with Crippen molar-refractivity contribution in [1.29, 1.82) is 0 Å². The van der Waals surface area contributed by atoms with Gasteiger partial charge in [0.05, 0.1) is 8.49 Å². The van der Waals surface area contributed by atoms with Crippen LogP contribution in [0.2, 0.25) is 0 Å². The van der Waals surface area contributed by atoms with E-state index in [2.05, 4.69) is 33.6 Å². The molecule has 0 aromatic rings. The third-order valence-electron chi connectivity index (χ3n) is 3.24. The van der Waals surface area contributed by atoms with Crippen molar-refractivity contribution in [3.63, 3.8) is 0 Å². The first-order chi connectivity index (χ1) is 11.3. The van der Waals surface area contributed by atoms with Crippen LogP contribution >= 0.6 is 0 Å². The molecule has 0 heterocycles. The highest BCUT2D eigenvalue weighted by Crippen LogP contribution is 2.21. The van der Waals surface area contributed by atoms with Gasteiger partial charge in [0.25, 0.3) is 0 Å². The molecule has 0 aliphatic heterocycles. The van der Waals surface area contributed by atoms with Crippen molar-refractivity contribution < 1.29 is 8.95 Å². The van der Waals surface area contributed by atoms with Gasteiger partial charge in [0.1, 0.15) is 11.5 Å². The maximum absolute atomic E-state index is 12.8. The number of ether oxygens (including phenoxy) is 1. The van der Waals surface area contributed by atoms with Crippen LogP contribution in [0.4, 0.5) is 0 Å². The smallest absolute Gasteiger partial charge is 0.122 e. The normalized spacial score (nSPS) is 16.5. The molecule has 0 aromatic carbocycles. The highest BCUT2D eigenvalue weighted by Gasteiger charge is 2.13. The molecule has 132 valence electrons. The molecule has 0 aliphatic carbocycles. The van der Waals surface area contributed by atoms with Crippen LogP contribution in [0.5, 0.6) is 0 Å². The van der Waals surface area contributed by atoms with E-state index in [0.29, 0.717) is 22.0 Å². The quantitative estimate of drug-likeness (QED) is 0.355. The van der Waals surface area contributed by atoms with Gasteiger partial charge in [-0.15, -0.1) is 0 Å². The molecule has 0 spiro atoms. The van der Waals surface area contributed by atoms with Gasteiger partial charge in [-0.2, -0.15) is 0 Å². The summed E-state index contributed by atoms with van der Waals surface area (Å²) in [5.74, 6) is 1.82. The Hall–Kier alpha value is -1.65. The standard InChI is InChI=1S/C20H28O2S2/c1-8-17(22-20(12-5)16(6)7)14-13-15-19(11-4)24(21,23)18(9-2)10-3/h8-12,14-16H,1-2,4,13H2,3,5-7H3/b17-14+,18-10+,19-15+,20-12+. The average molecular weight is 365 g/mol. The van der Waals surface area contributed by atoms with Crippen LogP contribution in [0.25, 0.3) is 0 Å². The summed E-state index contributed by atoms with van der Waals surface area (Å²) in [6.45, 7) is 19.0. The summed E-state index contributed by atoms with van der Waals surface area (Å²) >= 11 is 5.28. The van der Waals surface area contributed by atoms with Crippen LogP contribution < -0.4 is 0 Å². The molecular weight excluding hydrogens is 336 g/mol. The third kappa shape index (κ3) is 6.46. The van der Waals surface area contributed by atoms with E-state index < -0.39 is 8.49 Å². The summed E-state index contributed by atoms with van der Waals surface area (Å²) in [6, 6.07) is 0. The predicted octanol–water partition coefficient (Wildman–Crippen LogP) is 5.93. The molecule has 0 bridgehead atoms. The summed E-state index contributed by atoms with van der Waals surface area (Å²) in [5.41, 5.74) is 0. The van der Waals surface area contributed by atoms with Gasteiger partial charge in [-0.05, 0) is 49.7 Å². The first-order valence-corrected chi connectivity index (χ1v) is 10.3. The Labute approximate surface area is 152 Å². The summed E-state index contributed by atoms with van der Waals surface area (Å²) < 4.78 is 18.6. The summed E-state index contributed by atoms with van der Waals surface area (Å²) in [7, 11) is -2.75. The van der Waals surface area contributed by atoms with Gasteiger partial charge >= 0.3 is 0 Å². The van der Waals surface area contributed by atoms with Gasteiger partial charge in [0.2, 0.25) is 0 Å². The molecule has 1 unspecified atom stereocenters.